The zero-order valence-corrected chi connectivity index (χ0v) is 16.4. The second-order valence-corrected chi connectivity index (χ2v) is 9.53. The highest BCUT2D eigenvalue weighted by atomic mass is 32.2. The van der Waals surface area contributed by atoms with E-state index in [1.165, 1.54) is 16.8 Å². The van der Waals surface area contributed by atoms with Crippen molar-refractivity contribution in [1.29, 1.82) is 0 Å². The first-order chi connectivity index (χ1) is 11.7. The molecule has 1 N–H and O–H groups in total. The molecule has 1 aromatic heterocycles. The Morgan fingerprint density at radius 2 is 1.80 bits per heavy atom. The molecule has 1 aliphatic rings. The van der Waals surface area contributed by atoms with Gasteiger partial charge in [-0.15, -0.1) is 0 Å². The summed E-state index contributed by atoms with van der Waals surface area (Å²) in [5, 5.41) is 0.110. The number of sulfonamides is 1. The molecule has 1 fully saturated rings. The number of nitrogens with zero attached hydrogens (tertiary/aromatic N) is 3. The number of rotatable bonds is 7. The zero-order valence-electron chi connectivity index (χ0n) is 15.6. The van der Waals surface area contributed by atoms with Crippen molar-refractivity contribution in [1.82, 2.24) is 19.2 Å². The molecule has 1 aliphatic heterocycles. The predicted octanol–water partition coefficient (Wildman–Crippen LogP) is 1.95. The van der Waals surface area contributed by atoms with Crippen molar-refractivity contribution in [3.63, 3.8) is 0 Å². The van der Waals surface area contributed by atoms with E-state index in [1.807, 2.05) is 4.90 Å². The average Bonchev–Trinajstić information content (AvgIpc) is 3.08. The molecular weight excluding hydrogens is 340 g/mol. The second-order valence-electron chi connectivity index (χ2n) is 7.63. The summed E-state index contributed by atoms with van der Waals surface area (Å²) in [5.74, 6) is 0.916. The van der Waals surface area contributed by atoms with Crippen molar-refractivity contribution in [2.75, 3.05) is 26.2 Å². The first-order valence-corrected chi connectivity index (χ1v) is 10.4. The van der Waals surface area contributed by atoms with E-state index >= 15 is 0 Å². The minimum atomic E-state index is -3.54. The number of H-pyrrole nitrogens is 1. The summed E-state index contributed by atoms with van der Waals surface area (Å²) in [6.45, 7) is 10.7. The van der Waals surface area contributed by atoms with Crippen molar-refractivity contribution in [2.24, 2.45) is 17.8 Å². The van der Waals surface area contributed by atoms with Crippen LogP contribution < -0.4 is 0 Å². The fourth-order valence-electron chi connectivity index (χ4n) is 3.26. The quantitative estimate of drug-likeness (QED) is 0.795. The molecule has 0 saturated carbocycles. The van der Waals surface area contributed by atoms with Crippen molar-refractivity contribution in [3.8, 4) is 0 Å². The molecule has 2 heterocycles. The molecule has 142 valence electrons. The van der Waals surface area contributed by atoms with Gasteiger partial charge in [0.1, 0.15) is 0 Å². The molecule has 8 heteroatoms. The van der Waals surface area contributed by atoms with Gasteiger partial charge in [-0.1, -0.05) is 27.7 Å². The maximum Gasteiger partial charge on any atom is 0.260 e. The first kappa shape index (κ1) is 19.9. The Bertz CT molecular complexity index is 637. The standard InChI is InChI=1S/C17H30N4O3S/c1-13(2)10-20(11-14(3)4)17(22)15-5-7-21(8-6-15)25(23,24)16-9-18-12-19-16/h9,12-15H,5-8,10-11H2,1-4H3,(H,18,19). The second kappa shape index (κ2) is 8.31. The summed E-state index contributed by atoms with van der Waals surface area (Å²) in [7, 11) is -3.54. The minimum Gasteiger partial charge on any atom is -0.342 e. The SMILES string of the molecule is CC(C)CN(CC(C)C)C(=O)C1CCN(S(=O)(=O)c2cnc[nH]2)CC1. The van der Waals surface area contributed by atoms with E-state index in [0.717, 1.165) is 13.1 Å². The molecule has 0 aromatic carbocycles. The van der Waals surface area contributed by atoms with Gasteiger partial charge in [-0.05, 0) is 24.7 Å². The van der Waals surface area contributed by atoms with E-state index in [0.29, 0.717) is 37.8 Å². The lowest BCUT2D eigenvalue weighted by Crippen LogP contribution is -2.46. The molecule has 1 saturated heterocycles. The highest BCUT2D eigenvalue weighted by Crippen LogP contribution is 2.25. The number of aromatic amines is 1. The Balaban J connectivity index is 1.99. The molecule has 0 radical (unpaired) electrons. The molecule has 7 nitrogen and oxygen atoms in total. The Hall–Kier alpha value is -1.41. The smallest absolute Gasteiger partial charge is 0.260 e. The number of carbonyl (C=O) groups excluding carboxylic acids is 1. The van der Waals surface area contributed by atoms with Crippen LogP contribution in [-0.4, -0.2) is 59.7 Å². The molecule has 0 bridgehead atoms. The lowest BCUT2D eigenvalue weighted by atomic mass is 9.95. The highest BCUT2D eigenvalue weighted by Gasteiger charge is 2.34. The molecule has 0 unspecified atom stereocenters. The Kier molecular flexibility index (Phi) is 6.62. The van der Waals surface area contributed by atoms with Crippen molar-refractivity contribution in [2.45, 2.75) is 45.6 Å². The highest BCUT2D eigenvalue weighted by molar-refractivity contribution is 7.89. The van der Waals surface area contributed by atoms with Crippen molar-refractivity contribution >= 4 is 15.9 Å². The molecule has 1 amide bonds. The lowest BCUT2D eigenvalue weighted by molar-refractivity contribution is -0.137. The van der Waals surface area contributed by atoms with Crippen LogP contribution in [0.25, 0.3) is 0 Å². The van der Waals surface area contributed by atoms with Gasteiger partial charge in [0, 0.05) is 32.1 Å². The molecule has 1 aromatic rings. The van der Waals surface area contributed by atoms with Gasteiger partial charge in [-0.3, -0.25) is 4.79 Å². The van der Waals surface area contributed by atoms with E-state index in [1.54, 1.807) is 0 Å². The third-order valence-corrected chi connectivity index (χ3v) is 6.20. The third kappa shape index (κ3) is 5.04. The maximum atomic E-state index is 12.9. The summed E-state index contributed by atoms with van der Waals surface area (Å²) in [6, 6.07) is 0. The van der Waals surface area contributed by atoms with Gasteiger partial charge in [-0.25, -0.2) is 13.4 Å². The van der Waals surface area contributed by atoms with Crippen LogP contribution in [0.2, 0.25) is 0 Å². The van der Waals surface area contributed by atoms with Gasteiger partial charge in [0.05, 0.1) is 12.5 Å². The van der Waals surface area contributed by atoms with Crippen molar-refractivity contribution < 1.29 is 13.2 Å². The van der Waals surface area contributed by atoms with Crippen LogP contribution in [-0.2, 0) is 14.8 Å². The Morgan fingerprint density at radius 3 is 2.24 bits per heavy atom. The Labute approximate surface area is 150 Å². The number of piperidine rings is 1. The van der Waals surface area contributed by atoms with Crippen LogP contribution in [0.3, 0.4) is 0 Å². The summed E-state index contributed by atoms with van der Waals surface area (Å²) in [5.41, 5.74) is 0. The van der Waals surface area contributed by atoms with Gasteiger partial charge in [0.15, 0.2) is 5.03 Å². The van der Waals surface area contributed by atoms with Gasteiger partial charge in [0.2, 0.25) is 5.91 Å². The van der Waals surface area contributed by atoms with E-state index in [9.17, 15) is 13.2 Å². The van der Waals surface area contributed by atoms with Crippen LogP contribution in [0.15, 0.2) is 17.6 Å². The van der Waals surface area contributed by atoms with Crippen LogP contribution in [0.1, 0.15) is 40.5 Å². The number of hydrogen-bond acceptors (Lipinski definition) is 4. The first-order valence-electron chi connectivity index (χ1n) is 8.99. The average molecular weight is 371 g/mol. The van der Waals surface area contributed by atoms with E-state index in [4.69, 9.17) is 0 Å². The van der Waals surface area contributed by atoms with Crippen LogP contribution in [0, 0.1) is 17.8 Å². The van der Waals surface area contributed by atoms with E-state index < -0.39 is 10.0 Å². The van der Waals surface area contributed by atoms with Crippen LogP contribution in [0.5, 0.6) is 0 Å². The monoisotopic (exact) mass is 370 g/mol. The minimum absolute atomic E-state index is 0.0919. The summed E-state index contributed by atoms with van der Waals surface area (Å²) >= 11 is 0. The molecule has 2 rings (SSSR count). The maximum absolute atomic E-state index is 12.9. The number of carbonyl (C=O) groups is 1. The van der Waals surface area contributed by atoms with Crippen LogP contribution in [0.4, 0.5) is 0 Å². The summed E-state index contributed by atoms with van der Waals surface area (Å²) in [6.07, 6.45) is 3.82. The van der Waals surface area contributed by atoms with Gasteiger partial charge >= 0.3 is 0 Å². The number of nitrogens with one attached hydrogen (secondary N) is 1. The van der Waals surface area contributed by atoms with Gasteiger partial charge in [-0.2, -0.15) is 4.31 Å². The van der Waals surface area contributed by atoms with E-state index in [-0.39, 0.29) is 16.9 Å². The largest absolute Gasteiger partial charge is 0.342 e. The number of aromatic nitrogens is 2. The Morgan fingerprint density at radius 1 is 1.24 bits per heavy atom. The summed E-state index contributed by atoms with van der Waals surface area (Å²) < 4.78 is 26.5. The zero-order chi connectivity index (χ0) is 18.6. The number of hydrogen-bond donors (Lipinski definition) is 1. The number of imidazole rings is 1. The van der Waals surface area contributed by atoms with Gasteiger partial charge < -0.3 is 9.88 Å². The molecule has 0 spiro atoms. The van der Waals surface area contributed by atoms with Crippen molar-refractivity contribution in [3.05, 3.63) is 12.5 Å². The molecule has 0 atom stereocenters. The number of amides is 1. The molecule has 25 heavy (non-hydrogen) atoms. The van der Waals surface area contributed by atoms with Crippen LogP contribution >= 0.6 is 0 Å². The fourth-order valence-corrected chi connectivity index (χ4v) is 4.63. The normalized spacial score (nSPS) is 17.4. The third-order valence-electron chi connectivity index (χ3n) is 4.38. The lowest BCUT2D eigenvalue weighted by Gasteiger charge is -2.34. The molecule has 0 aliphatic carbocycles. The topological polar surface area (TPSA) is 86.4 Å². The molecular formula is C17H30N4O3S. The van der Waals surface area contributed by atoms with Gasteiger partial charge in [0.25, 0.3) is 10.0 Å². The van der Waals surface area contributed by atoms with E-state index in [2.05, 4.69) is 37.7 Å². The summed E-state index contributed by atoms with van der Waals surface area (Å²) in [4.78, 5) is 21.3. The fraction of sp³-hybridized carbons (Fsp3) is 0.765. The predicted molar refractivity (Wildman–Crippen MR) is 96.3 cm³/mol.